The molecule has 0 saturated carbocycles. The van der Waals surface area contributed by atoms with Crippen molar-refractivity contribution in [3.05, 3.63) is 0 Å². The molecule has 0 rings (SSSR count). The van der Waals surface area contributed by atoms with Gasteiger partial charge in [-0.1, -0.05) is 0 Å². The van der Waals surface area contributed by atoms with Crippen LogP contribution in [0.15, 0.2) is 0 Å². The summed E-state index contributed by atoms with van der Waals surface area (Å²) in [7, 11) is 0. The number of nitriles is 1. The van der Waals surface area contributed by atoms with E-state index in [9.17, 15) is 4.79 Å². The average Bonchev–Trinajstić information content (AvgIpc) is 1.86. The van der Waals surface area contributed by atoms with Crippen molar-refractivity contribution in [3.63, 3.8) is 0 Å². The largest absolute Gasteiger partial charge is 0.481 e. The standard InChI is InChI=1S/C6H10N2O2/c1-6(2,5(9)10)4(8)3-7/h4H,8H2,1-2H3,(H,9,10). The molecular formula is C6H10N2O2. The van der Waals surface area contributed by atoms with E-state index in [1.807, 2.05) is 0 Å². The van der Waals surface area contributed by atoms with E-state index in [1.54, 1.807) is 6.07 Å². The Morgan fingerprint density at radius 2 is 2.20 bits per heavy atom. The molecule has 1 unspecified atom stereocenters. The second kappa shape index (κ2) is 2.67. The van der Waals surface area contributed by atoms with Gasteiger partial charge >= 0.3 is 5.97 Å². The molecule has 0 bridgehead atoms. The lowest BCUT2D eigenvalue weighted by atomic mass is 9.86. The first-order valence-electron chi connectivity index (χ1n) is 2.81. The van der Waals surface area contributed by atoms with Crippen LogP contribution in [0.25, 0.3) is 0 Å². The van der Waals surface area contributed by atoms with Crippen molar-refractivity contribution < 1.29 is 9.90 Å². The minimum Gasteiger partial charge on any atom is -0.481 e. The molecule has 0 amide bonds. The number of hydrogen-bond donors (Lipinski definition) is 2. The van der Waals surface area contributed by atoms with Crippen LogP contribution in [0.4, 0.5) is 0 Å². The molecule has 3 N–H and O–H groups in total. The van der Waals surface area contributed by atoms with Gasteiger partial charge in [-0.25, -0.2) is 0 Å². The summed E-state index contributed by atoms with van der Waals surface area (Å²) in [4.78, 5) is 10.4. The maximum Gasteiger partial charge on any atom is 0.311 e. The Morgan fingerprint density at radius 3 is 2.30 bits per heavy atom. The van der Waals surface area contributed by atoms with Crippen molar-refractivity contribution in [2.24, 2.45) is 11.1 Å². The molecule has 4 heteroatoms. The minimum absolute atomic E-state index is 0.954. The molecule has 0 saturated heterocycles. The topological polar surface area (TPSA) is 87.1 Å². The molecule has 0 radical (unpaired) electrons. The van der Waals surface area contributed by atoms with Crippen molar-refractivity contribution in [2.45, 2.75) is 19.9 Å². The van der Waals surface area contributed by atoms with Crippen LogP contribution >= 0.6 is 0 Å². The van der Waals surface area contributed by atoms with Crippen molar-refractivity contribution in [1.82, 2.24) is 0 Å². The van der Waals surface area contributed by atoms with E-state index < -0.39 is 17.4 Å². The highest BCUT2D eigenvalue weighted by atomic mass is 16.4. The normalized spacial score (nSPS) is 13.8. The molecule has 0 aromatic carbocycles. The molecule has 0 aromatic rings. The van der Waals surface area contributed by atoms with Crippen LogP contribution < -0.4 is 5.73 Å². The second-order valence-electron chi connectivity index (χ2n) is 2.63. The van der Waals surface area contributed by atoms with Gasteiger partial charge in [0.05, 0.1) is 11.5 Å². The van der Waals surface area contributed by atoms with Gasteiger partial charge in [0.2, 0.25) is 0 Å². The maximum atomic E-state index is 10.4. The quantitative estimate of drug-likeness (QED) is 0.565. The van der Waals surface area contributed by atoms with Crippen molar-refractivity contribution in [1.29, 1.82) is 5.26 Å². The molecular weight excluding hydrogens is 132 g/mol. The summed E-state index contributed by atoms with van der Waals surface area (Å²) >= 11 is 0. The predicted octanol–water partition coefficient (Wildman–Crippen LogP) is -0.0519. The highest BCUT2D eigenvalue weighted by molar-refractivity contribution is 5.75. The van der Waals surface area contributed by atoms with Gasteiger partial charge in [-0.3, -0.25) is 4.79 Å². The molecule has 0 heterocycles. The molecule has 4 nitrogen and oxygen atoms in total. The smallest absolute Gasteiger partial charge is 0.311 e. The summed E-state index contributed by atoms with van der Waals surface area (Å²) in [5.74, 6) is -1.05. The van der Waals surface area contributed by atoms with Crippen LogP contribution in [-0.4, -0.2) is 17.1 Å². The Balaban J connectivity index is 4.43. The first-order valence-corrected chi connectivity index (χ1v) is 2.81. The summed E-state index contributed by atoms with van der Waals surface area (Å²) < 4.78 is 0. The van der Waals surface area contributed by atoms with E-state index in [2.05, 4.69) is 0 Å². The van der Waals surface area contributed by atoms with Crippen molar-refractivity contribution in [2.75, 3.05) is 0 Å². The average molecular weight is 142 g/mol. The Morgan fingerprint density at radius 1 is 1.80 bits per heavy atom. The third-order valence-corrected chi connectivity index (χ3v) is 1.47. The Bertz CT molecular complexity index is 181. The first-order chi connectivity index (χ1) is 4.42. The summed E-state index contributed by atoms with van der Waals surface area (Å²) in [5.41, 5.74) is 4.05. The Kier molecular flexibility index (Phi) is 2.38. The van der Waals surface area contributed by atoms with Gasteiger partial charge in [0.25, 0.3) is 0 Å². The van der Waals surface area contributed by atoms with Crippen molar-refractivity contribution in [3.8, 4) is 6.07 Å². The highest BCUT2D eigenvalue weighted by Crippen LogP contribution is 2.18. The Hall–Kier alpha value is -1.08. The molecule has 10 heavy (non-hydrogen) atoms. The molecule has 1 atom stereocenters. The minimum atomic E-state index is -1.16. The number of aliphatic carboxylic acids is 1. The number of nitrogens with two attached hydrogens (primary N) is 1. The number of carbonyl (C=O) groups is 1. The number of carboxylic acid groups (broad SMARTS) is 1. The van der Waals surface area contributed by atoms with Gasteiger partial charge < -0.3 is 10.8 Å². The van der Waals surface area contributed by atoms with E-state index >= 15 is 0 Å². The highest BCUT2D eigenvalue weighted by Gasteiger charge is 2.34. The molecule has 0 aliphatic carbocycles. The van der Waals surface area contributed by atoms with Crippen molar-refractivity contribution >= 4 is 5.97 Å². The van der Waals surface area contributed by atoms with Crippen LogP contribution in [-0.2, 0) is 4.79 Å². The number of hydrogen-bond acceptors (Lipinski definition) is 3. The number of rotatable bonds is 2. The summed E-state index contributed by atoms with van der Waals surface area (Å²) in [5, 5.41) is 16.8. The monoisotopic (exact) mass is 142 g/mol. The molecule has 0 spiro atoms. The van der Waals surface area contributed by atoms with E-state index in [4.69, 9.17) is 16.1 Å². The lowest BCUT2D eigenvalue weighted by molar-refractivity contribution is -0.147. The maximum absolute atomic E-state index is 10.4. The van der Waals surface area contributed by atoms with E-state index in [-0.39, 0.29) is 0 Å². The SMILES string of the molecule is CC(C)(C(=O)O)C(N)C#N. The fourth-order valence-corrected chi connectivity index (χ4v) is 0.294. The fourth-order valence-electron chi connectivity index (χ4n) is 0.294. The zero-order valence-electron chi connectivity index (χ0n) is 5.96. The lowest BCUT2D eigenvalue weighted by Crippen LogP contribution is -2.42. The number of nitrogens with zero attached hydrogens (tertiary/aromatic N) is 1. The summed E-state index contributed by atoms with van der Waals surface area (Å²) in [6.07, 6.45) is 0. The Labute approximate surface area is 59.3 Å². The van der Waals surface area contributed by atoms with Gasteiger partial charge in [0.15, 0.2) is 0 Å². The first kappa shape index (κ1) is 8.92. The van der Waals surface area contributed by atoms with Gasteiger partial charge in [0, 0.05) is 0 Å². The predicted molar refractivity (Wildman–Crippen MR) is 35.0 cm³/mol. The van der Waals surface area contributed by atoms with Gasteiger partial charge in [-0.15, -0.1) is 0 Å². The van der Waals surface area contributed by atoms with Crippen LogP contribution in [0.5, 0.6) is 0 Å². The third kappa shape index (κ3) is 1.45. The summed E-state index contributed by atoms with van der Waals surface area (Å²) in [6, 6.07) is 0.730. The molecule has 0 aliphatic heterocycles. The van der Waals surface area contributed by atoms with Crippen LogP contribution in [0, 0.1) is 16.7 Å². The fraction of sp³-hybridized carbons (Fsp3) is 0.667. The van der Waals surface area contributed by atoms with E-state index in [0.717, 1.165) is 0 Å². The summed E-state index contributed by atoms with van der Waals surface area (Å²) in [6.45, 7) is 2.84. The van der Waals surface area contributed by atoms with E-state index in [0.29, 0.717) is 0 Å². The molecule has 56 valence electrons. The number of carboxylic acids is 1. The van der Waals surface area contributed by atoms with Crippen LogP contribution in [0.3, 0.4) is 0 Å². The van der Waals surface area contributed by atoms with Gasteiger partial charge in [-0.05, 0) is 13.8 Å². The van der Waals surface area contributed by atoms with Gasteiger partial charge in [-0.2, -0.15) is 5.26 Å². The second-order valence-corrected chi connectivity index (χ2v) is 2.63. The molecule has 0 aromatic heterocycles. The van der Waals surface area contributed by atoms with E-state index in [1.165, 1.54) is 13.8 Å². The lowest BCUT2D eigenvalue weighted by Gasteiger charge is -2.20. The zero-order chi connectivity index (χ0) is 8.36. The van der Waals surface area contributed by atoms with Gasteiger partial charge in [0.1, 0.15) is 6.04 Å². The zero-order valence-corrected chi connectivity index (χ0v) is 5.96. The molecule has 0 fully saturated rings. The van der Waals surface area contributed by atoms with Crippen LogP contribution in [0.1, 0.15) is 13.8 Å². The van der Waals surface area contributed by atoms with Crippen LogP contribution in [0.2, 0.25) is 0 Å². The third-order valence-electron chi connectivity index (χ3n) is 1.47. The molecule has 0 aliphatic rings.